The highest BCUT2D eigenvalue weighted by Gasteiger charge is 2.50. The average Bonchev–Trinajstić information content (AvgIpc) is 3.32. The number of hydrazone groups is 1. The monoisotopic (exact) mass is 570 g/mol. The van der Waals surface area contributed by atoms with Gasteiger partial charge in [0.1, 0.15) is 27.7 Å². The van der Waals surface area contributed by atoms with Crippen molar-refractivity contribution in [3.63, 3.8) is 0 Å². The van der Waals surface area contributed by atoms with Crippen molar-refractivity contribution in [1.82, 2.24) is 15.6 Å². The molecule has 1 heterocycles. The maximum atomic E-state index is 15.0. The van der Waals surface area contributed by atoms with Crippen LogP contribution >= 0.6 is 11.8 Å². The molecule has 0 bridgehead atoms. The molecule has 8 nitrogen and oxygen atoms in total. The average molecular weight is 571 g/mol. The Morgan fingerprint density at radius 1 is 1.20 bits per heavy atom. The van der Waals surface area contributed by atoms with Crippen LogP contribution in [0.5, 0.6) is 0 Å². The van der Waals surface area contributed by atoms with Crippen molar-refractivity contribution in [1.29, 1.82) is 5.26 Å². The molecule has 0 fully saturated rings. The van der Waals surface area contributed by atoms with E-state index in [1.165, 1.54) is 16.8 Å². The van der Waals surface area contributed by atoms with Gasteiger partial charge in [0.25, 0.3) is 5.91 Å². The number of halogens is 2. The van der Waals surface area contributed by atoms with Crippen LogP contribution in [0.25, 0.3) is 0 Å². The molecule has 11 heteroatoms. The van der Waals surface area contributed by atoms with Crippen molar-refractivity contribution < 1.29 is 18.3 Å². The Bertz CT molecular complexity index is 1260. The van der Waals surface area contributed by atoms with Gasteiger partial charge in [0.2, 0.25) is 12.2 Å². The zero-order chi connectivity index (χ0) is 29.3. The van der Waals surface area contributed by atoms with Crippen molar-refractivity contribution >= 4 is 28.7 Å². The van der Waals surface area contributed by atoms with Crippen LogP contribution in [0.1, 0.15) is 51.7 Å². The van der Waals surface area contributed by atoms with Crippen molar-refractivity contribution in [2.75, 3.05) is 20.2 Å². The smallest absolute Gasteiger partial charge is 0.273 e. The summed E-state index contributed by atoms with van der Waals surface area (Å²) >= 11 is 1.22. The quantitative estimate of drug-likeness (QED) is 0.167. The first-order chi connectivity index (χ1) is 19.1. The third kappa shape index (κ3) is 7.37. The van der Waals surface area contributed by atoms with Crippen molar-refractivity contribution in [3.05, 3.63) is 71.3 Å². The highest BCUT2D eigenvalue weighted by atomic mass is 32.2. The predicted octanol–water partition coefficient (Wildman–Crippen LogP) is 5.18. The number of nitrogens with zero attached hydrogens (tertiary/aromatic N) is 4. The number of nitriles is 1. The minimum absolute atomic E-state index is 0.0125. The molecular formula is C29H36F2N6O2S. The molecule has 2 aromatic rings. The third-order valence-electron chi connectivity index (χ3n) is 6.23. The Labute approximate surface area is 238 Å². The fourth-order valence-electron chi connectivity index (χ4n) is 4.31. The molecule has 0 radical (unpaired) electrons. The van der Waals surface area contributed by atoms with Gasteiger partial charge in [-0.1, -0.05) is 69.8 Å². The lowest BCUT2D eigenvalue weighted by atomic mass is 9.98. The van der Waals surface area contributed by atoms with E-state index in [1.54, 1.807) is 13.2 Å². The molecule has 1 aliphatic heterocycles. The molecule has 2 N–H and O–H groups in total. The molecule has 1 aliphatic rings. The Balaban J connectivity index is 2.08. The second-order valence-electron chi connectivity index (χ2n) is 10.2. The predicted molar refractivity (Wildman–Crippen MR) is 154 cm³/mol. The van der Waals surface area contributed by atoms with E-state index in [0.29, 0.717) is 32.0 Å². The zero-order valence-electron chi connectivity index (χ0n) is 23.4. The largest absolute Gasteiger partial charge is 0.368 e. The van der Waals surface area contributed by atoms with Crippen LogP contribution in [0, 0.1) is 34.9 Å². The van der Waals surface area contributed by atoms with Crippen LogP contribution in [0.4, 0.5) is 8.78 Å². The summed E-state index contributed by atoms with van der Waals surface area (Å²) in [7, 11) is 1.65. The van der Waals surface area contributed by atoms with Gasteiger partial charge < -0.3 is 15.4 Å². The van der Waals surface area contributed by atoms with Gasteiger partial charge in [-0.25, -0.2) is 13.8 Å². The Morgan fingerprint density at radius 2 is 1.93 bits per heavy atom. The first-order valence-electron chi connectivity index (χ1n) is 13.3. The highest BCUT2D eigenvalue weighted by Crippen LogP contribution is 2.51. The summed E-state index contributed by atoms with van der Waals surface area (Å²) < 4.78 is 35.3. The van der Waals surface area contributed by atoms with Gasteiger partial charge in [-0.05, 0) is 48.4 Å². The number of rotatable bonds is 11. The second kappa shape index (κ2) is 14.2. The lowest BCUT2D eigenvalue weighted by Gasteiger charge is -2.38. The number of ether oxygens (including phenoxy) is 1. The summed E-state index contributed by atoms with van der Waals surface area (Å²) in [6.45, 7) is 8.65. The minimum Gasteiger partial charge on any atom is -0.368 e. The summed E-state index contributed by atoms with van der Waals surface area (Å²) in [5.41, 5.74) is 0.774. The first-order valence-corrected chi connectivity index (χ1v) is 14.1. The van der Waals surface area contributed by atoms with E-state index in [0.717, 1.165) is 23.8 Å². The van der Waals surface area contributed by atoms with E-state index in [-0.39, 0.29) is 28.4 Å². The highest BCUT2D eigenvalue weighted by molar-refractivity contribution is 8.15. The van der Waals surface area contributed by atoms with E-state index < -0.39 is 22.6 Å². The lowest BCUT2D eigenvalue weighted by Crippen LogP contribution is -2.48. The number of carbonyl (C=O) groups is 1. The fraction of sp³-hybridized carbons (Fsp3) is 0.448. The van der Waals surface area contributed by atoms with Gasteiger partial charge in [0, 0.05) is 25.8 Å². The van der Waals surface area contributed by atoms with Crippen LogP contribution in [0.3, 0.4) is 0 Å². The normalized spacial score (nSPS) is 18.1. The summed E-state index contributed by atoms with van der Waals surface area (Å²) in [6.07, 6.45) is 1.89. The number of hydrogen-bond acceptors (Lipinski definition) is 6. The van der Waals surface area contributed by atoms with E-state index in [4.69, 9.17) is 10.00 Å². The summed E-state index contributed by atoms with van der Waals surface area (Å²) in [5.74, 6) is -1.21. The molecule has 214 valence electrons. The topological polar surface area (TPSA) is 102 Å². The summed E-state index contributed by atoms with van der Waals surface area (Å²) in [4.78, 5) is 16.9. The summed E-state index contributed by atoms with van der Waals surface area (Å²) in [6, 6.07) is 12.6. The maximum absolute atomic E-state index is 15.0. The van der Waals surface area contributed by atoms with Crippen molar-refractivity contribution in [2.24, 2.45) is 21.9 Å². The molecule has 0 aliphatic carbocycles. The number of amides is 1. The Morgan fingerprint density at radius 3 is 2.55 bits per heavy atom. The van der Waals surface area contributed by atoms with Gasteiger partial charge in [-0.3, -0.25) is 4.79 Å². The fourth-order valence-corrected chi connectivity index (χ4v) is 5.73. The van der Waals surface area contributed by atoms with Gasteiger partial charge in [0.05, 0.1) is 0 Å². The molecule has 0 saturated carbocycles. The molecule has 2 aromatic carbocycles. The SMILES string of the molecule is CN/C(=N/C#N)NCCCC1(c2ccccc2)SC(c2cc(F)ccc2F)=NN1C(=O)[C@@H](OCC(C)C)C(C)C. The molecular weight excluding hydrogens is 534 g/mol. The first kappa shape index (κ1) is 31.0. The van der Waals surface area contributed by atoms with Gasteiger partial charge in [-0.2, -0.15) is 10.4 Å². The number of thioether (sulfide) groups is 1. The maximum Gasteiger partial charge on any atom is 0.273 e. The van der Waals surface area contributed by atoms with Crippen LogP contribution in [0.15, 0.2) is 58.6 Å². The molecule has 40 heavy (non-hydrogen) atoms. The van der Waals surface area contributed by atoms with Crippen molar-refractivity contribution in [2.45, 2.75) is 51.5 Å². The number of benzene rings is 2. The standard InChI is InChI=1S/C29H36F2N6O2S/c1-19(2)17-39-25(20(3)4)27(38)37-29(21-10-7-6-8-11-21,14-9-15-34-28(33-5)35-18-32)40-26(36-37)23-16-22(30)12-13-24(23)31/h6-8,10-13,16,19-20,25H,9,14-15,17H2,1-5H3,(H2,33,34,35)/t25-,29?/m0/s1. The second-order valence-corrected chi connectivity index (χ2v) is 11.4. The number of guanidine groups is 1. The van der Waals surface area contributed by atoms with Crippen LogP contribution in [0.2, 0.25) is 0 Å². The van der Waals surface area contributed by atoms with Gasteiger partial charge >= 0.3 is 0 Å². The van der Waals surface area contributed by atoms with Crippen molar-refractivity contribution in [3.8, 4) is 6.19 Å². The lowest BCUT2D eigenvalue weighted by molar-refractivity contribution is -0.151. The van der Waals surface area contributed by atoms with E-state index >= 15 is 0 Å². The van der Waals surface area contributed by atoms with E-state index in [1.807, 2.05) is 58.0 Å². The summed E-state index contributed by atoms with van der Waals surface area (Å²) in [5, 5.41) is 21.0. The van der Waals surface area contributed by atoms with Gasteiger partial charge in [0.15, 0.2) is 0 Å². The van der Waals surface area contributed by atoms with Crippen LogP contribution < -0.4 is 10.6 Å². The molecule has 0 saturated heterocycles. The molecule has 0 aromatic heterocycles. The molecule has 0 spiro atoms. The minimum atomic E-state index is -1.06. The Hall–Kier alpha value is -3.49. The zero-order valence-corrected chi connectivity index (χ0v) is 24.3. The van der Waals surface area contributed by atoms with E-state index in [9.17, 15) is 13.6 Å². The molecule has 2 atom stereocenters. The number of nitrogens with one attached hydrogen (secondary N) is 2. The van der Waals surface area contributed by atoms with Crippen LogP contribution in [-0.2, 0) is 14.4 Å². The number of carbonyl (C=O) groups excluding carboxylic acids is 1. The molecule has 1 unspecified atom stereocenters. The molecule has 3 rings (SSSR count). The van der Waals surface area contributed by atoms with E-state index in [2.05, 4.69) is 20.7 Å². The third-order valence-corrected chi connectivity index (χ3v) is 7.68. The molecule has 1 amide bonds. The Kier molecular flexibility index (Phi) is 11.0. The van der Waals surface area contributed by atoms with Crippen LogP contribution in [-0.4, -0.2) is 48.2 Å². The van der Waals surface area contributed by atoms with Gasteiger partial charge in [-0.15, -0.1) is 4.99 Å². The number of aliphatic imine (C=N–C) groups is 1. The number of hydrogen-bond donors (Lipinski definition) is 2.